The summed E-state index contributed by atoms with van der Waals surface area (Å²) in [6.45, 7) is 7.84. The number of thioether (sulfide) groups is 1. The van der Waals surface area contributed by atoms with Gasteiger partial charge in [0.1, 0.15) is 0 Å². The van der Waals surface area contributed by atoms with Crippen LogP contribution in [0.5, 0.6) is 0 Å². The van der Waals surface area contributed by atoms with Gasteiger partial charge in [-0.3, -0.25) is 4.79 Å². The second-order valence-electron chi connectivity index (χ2n) is 9.36. The summed E-state index contributed by atoms with van der Waals surface area (Å²) in [7, 11) is 1.94. The fourth-order valence-electron chi connectivity index (χ4n) is 4.57. The van der Waals surface area contributed by atoms with Crippen LogP contribution in [0.4, 0.5) is 11.4 Å². The van der Waals surface area contributed by atoms with Crippen LogP contribution in [-0.4, -0.2) is 18.7 Å². The van der Waals surface area contributed by atoms with Gasteiger partial charge in [-0.1, -0.05) is 61.5 Å². The van der Waals surface area contributed by atoms with E-state index in [-0.39, 0.29) is 5.91 Å². The first-order valence-corrected chi connectivity index (χ1v) is 15.3. The number of rotatable bonds is 8. The topological polar surface area (TPSA) is 77.0 Å². The number of nitrogens with one attached hydrogen (secondary N) is 3. The molecule has 0 aliphatic carbocycles. The molecule has 0 fully saturated rings. The maximum absolute atomic E-state index is 13.4. The second kappa shape index (κ2) is 14.4. The van der Waals surface area contributed by atoms with Gasteiger partial charge in [0.25, 0.3) is 5.91 Å². The molecule has 0 radical (unpaired) electrons. The molecular formula is C34H34N4OS2. The summed E-state index contributed by atoms with van der Waals surface area (Å²) in [5.74, 6) is 0.0321. The predicted octanol–water partition coefficient (Wildman–Crippen LogP) is 8.45. The van der Waals surface area contributed by atoms with E-state index in [1.54, 1.807) is 17.4 Å². The van der Waals surface area contributed by atoms with Crippen LogP contribution in [0.25, 0.3) is 10.1 Å². The van der Waals surface area contributed by atoms with E-state index in [1.165, 1.54) is 23.0 Å². The molecule has 1 amide bonds. The highest BCUT2D eigenvalue weighted by Gasteiger charge is 2.35. The first kappa shape index (κ1) is 29.7. The van der Waals surface area contributed by atoms with Crippen LogP contribution < -0.4 is 16.0 Å². The number of thiophene rings is 1. The summed E-state index contributed by atoms with van der Waals surface area (Å²) < 4.78 is 1.13. The zero-order chi connectivity index (χ0) is 29.2. The molecule has 5 nitrogen and oxygen atoms in total. The molecule has 1 aromatic heterocycles. The average Bonchev–Trinajstić information content (AvgIpc) is 3.44. The number of carbonyl (C=O) groups is 1. The van der Waals surface area contributed by atoms with E-state index in [2.05, 4.69) is 78.0 Å². The molecule has 4 aromatic rings. The number of allylic oxidation sites excluding steroid dienone is 2. The van der Waals surface area contributed by atoms with Crippen LogP contribution >= 0.6 is 23.1 Å². The van der Waals surface area contributed by atoms with Gasteiger partial charge in [0.15, 0.2) is 0 Å². The van der Waals surface area contributed by atoms with Crippen molar-refractivity contribution in [2.24, 2.45) is 0 Å². The summed E-state index contributed by atoms with van der Waals surface area (Å²) >= 11 is 3.15. The second-order valence-corrected chi connectivity index (χ2v) is 11.5. The van der Waals surface area contributed by atoms with E-state index in [9.17, 15) is 10.1 Å². The van der Waals surface area contributed by atoms with Crippen LogP contribution in [0.1, 0.15) is 30.2 Å². The molecule has 0 saturated carbocycles. The standard InChI is InChI=1S/C25H21N3OS2.C9H13N/c1-3-13-30-25-19(15-26)23(21-14-17-9-7-8-12-20(17)31-21)22(16(2)27-25)24(29)28-18-10-5-4-6-11-18;1-3-8-5-4-6-9(7-8)10-2/h3-12,14,23,27H,1,13H2,2H3,(H,28,29);4-7,10H,3H2,1-2H3. The third-order valence-electron chi connectivity index (χ3n) is 6.62. The lowest BCUT2D eigenvalue weighted by atomic mass is 9.86. The first-order chi connectivity index (χ1) is 20.0. The minimum atomic E-state index is -0.431. The van der Waals surface area contributed by atoms with Gasteiger partial charge in [0, 0.05) is 45.0 Å². The Hall–Kier alpha value is -4.25. The Kier molecular flexibility index (Phi) is 10.4. The molecule has 3 N–H and O–H groups in total. The largest absolute Gasteiger partial charge is 0.388 e. The highest BCUT2D eigenvalue weighted by Crippen LogP contribution is 2.44. The minimum Gasteiger partial charge on any atom is -0.388 e. The van der Waals surface area contributed by atoms with Gasteiger partial charge in [-0.15, -0.1) is 29.7 Å². The summed E-state index contributed by atoms with van der Waals surface area (Å²) in [6.07, 6.45) is 2.91. The molecule has 1 atom stereocenters. The van der Waals surface area contributed by atoms with Crippen LogP contribution in [-0.2, 0) is 11.2 Å². The van der Waals surface area contributed by atoms with Crippen molar-refractivity contribution in [3.8, 4) is 6.07 Å². The fourth-order valence-corrected chi connectivity index (χ4v) is 6.58. The Morgan fingerprint density at radius 1 is 1.07 bits per heavy atom. The van der Waals surface area contributed by atoms with Crippen LogP contribution in [0.2, 0.25) is 0 Å². The van der Waals surface area contributed by atoms with Crippen molar-refractivity contribution in [3.05, 3.63) is 130 Å². The number of nitriles is 1. The lowest BCUT2D eigenvalue weighted by Gasteiger charge is -2.29. The normalized spacial score (nSPS) is 14.4. The number of hydrogen-bond donors (Lipinski definition) is 3. The van der Waals surface area contributed by atoms with E-state index in [4.69, 9.17) is 0 Å². The summed E-state index contributed by atoms with van der Waals surface area (Å²) in [6, 6.07) is 30.4. The zero-order valence-electron chi connectivity index (χ0n) is 23.5. The average molecular weight is 579 g/mol. The molecule has 208 valence electrons. The van der Waals surface area contributed by atoms with Gasteiger partial charge >= 0.3 is 0 Å². The van der Waals surface area contributed by atoms with Crippen molar-refractivity contribution in [3.63, 3.8) is 0 Å². The van der Waals surface area contributed by atoms with E-state index < -0.39 is 5.92 Å². The number of hydrogen-bond acceptors (Lipinski definition) is 6. The Labute approximate surface area is 250 Å². The van der Waals surface area contributed by atoms with Crippen molar-refractivity contribution < 1.29 is 4.79 Å². The number of nitrogens with zero attached hydrogens (tertiary/aromatic N) is 1. The molecule has 0 saturated heterocycles. The molecule has 5 rings (SSSR count). The van der Waals surface area contributed by atoms with E-state index in [0.29, 0.717) is 16.9 Å². The van der Waals surface area contributed by atoms with Gasteiger partial charge in [-0.05, 0) is 60.7 Å². The number of para-hydroxylation sites is 1. The first-order valence-electron chi connectivity index (χ1n) is 13.5. The number of dihydropyridines is 1. The van der Waals surface area contributed by atoms with E-state index in [0.717, 1.165) is 37.8 Å². The molecule has 3 aromatic carbocycles. The maximum atomic E-state index is 13.4. The van der Waals surface area contributed by atoms with E-state index in [1.807, 2.05) is 56.4 Å². The smallest absolute Gasteiger partial charge is 0.254 e. The maximum Gasteiger partial charge on any atom is 0.254 e. The van der Waals surface area contributed by atoms with Crippen molar-refractivity contribution >= 4 is 50.5 Å². The zero-order valence-corrected chi connectivity index (χ0v) is 25.2. The number of carbonyl (C=O) groups excluding carboxylic acids is 1. The van der Waals surface area contributed by atoms with Gasteiger partial charge in [-0.2, -0.15) is 5.26 Å². The molecule has 41 heavy (non-hydrogen) atoms. The predicted molar refractivity (Wildman–Crippen MR) is 176 cm³/mol. The Morgan fingerprint density at radius 2 is 1.80 bits per heavy atom. The van der Waals surface area contributed by atoms with Crippen LogP contribution in [0.15, 0.2) is 119 Å². The quantitative estimate of drug-likeness (QED) is 0.183. The fraction of sp³-hybridized carbons (Fsp3) is 0.176. The molecule has 1 aliphatic rings. The molecule has 0 spiro atoms. The van der Waals surface area contributed by atoms with Crippen molar-refractivity contribution in [2.45, 2.75) is 26.2 Å². The number of amides is 1. The SMILES string of the molecule is C=CCSC1=C(C#N)C(c2cc3ccccc3s2)C(C(=O)Nc2ccccc2)=C(C)N1.CCc1cccc(NC)c1. The third kappa shape index (κ3) is 7.29. The van der Waals surface area contributed by atoms with Crippen LogP contribution in [0, 0.1) is 11.3 Å². The number of fused-ring (bicyclic) bond motifs is 1. The van der Waals surface area contributed by atoms with Gasteiger partial charge < -0.3 is 16.0 Å². The number of benzene rings is 3. The third-order valence-corrected chi connectivity index (χ3v) is 8.82. The van der Waals surface area contributed by atoms with E-state index >= 15 is 0 Å². The van der Waals surface area contributed by atoms with Crippen molar-refractivity contribution in [2.75, 3.05) is 23.4 Å². The molecule has 1 unspecified atom stereocenters. The summed E-state index contributed by atoms with van der Waals surface area (Å²) in [5.41, 5.74) is 5.17. The molecule has 1 aliphatic heterocycles. The highest BCUT2D eigenvalue weighted by atomic mass is 32.2. The highest BCUT2D eigenvalue weighted by molar-refractivity contribution is 8.03. The summed E-state index contributed by atoms with van der Waals surface area (Å²) in [5, 5.41) is 21.4. The van der Waals surface area contributed by atoms with Gasteiger partial charge in [0.2, 0.25) is 0 Å². The summed E-state index contributed by atoms with van der Waals surface area (Å²) in [4.78, 5) is 14.4. The molecule has 2 heterocycles. The van der Waals surface area contributed by atoms with Gasteiger partial charge in [-0.25, -0.2) is 0 Å². The van der Waals surface area contributed by atoms with Crippen molar-refractivity contribution in [1.29, 1.82) is 5.26 Å². The van der Waals surface area contributed by atoms with Gasteiger partial charge in [0.05, 0.1) is 22.6 Å². The number of anilines is 2. The molecule has 0 bridgehead atoms. The van der Waals surface area contributed by atoms with Crippen molar-refractivity contribution in [1.82, 2.24) is 5.32 Å². The number of aryl methyl sites for hydroxylation is 1. The lowest BCUT2D eigenvalue weighted by Crippen LogP contribution is -2.30. The Morgan fingerprint density at radius 3 is 2.49 bits per heavy atom. The Balaban J connectivity index is 0.000000328. The molecule has 7 heteroatoms. The van der Waals surface area contributed by atoms with Crippen LogP contribution in [0.3, 0.4) is 0 Å². The Bertz CT molecular complexity index is 1580. The molecular weight excluding hydrogens is 545 g/mol. The minimum absolute atomic E-state index is 0.209. The lowest BCUT2D eigenvalue weighted by molar-refractivity contribution is -0.113. The monoisotopic (exact) mass is 578 g/mol.